The molecule has 1 aromatic heterocycles. The normalized spacial score (nSPS) is 12.0. The fraction of sp³-hybridized carbons (Fsp3) is 0.125. The first-order valence-electron chi connectivity index (χ1n) is 6.75. The van der Waals surface area contributed by atoms with Crippen LogP contribution in [0.2, 0.25) is 0 Å². The zero-order valence-electron chi connectivity index (χ0n) is 11.8. The van der Waals surface area contributed by atoms with Gasteiger partial charge in [-0.25, -0.2) is 9.18 Å². The molecule has 3 aromatic rings. The summed E-state index contributed by atoms with van der Waals surface area (Å²) in [5.74, 6) is -0.551. The van der Waals surface area contributed by atoms with Gasteiger partial charge in [-0.3, -0.25) is 0 Å². The molecular weight excluding hydrogens is 283 g/mol. The fourth-order valence-electron chi connectivity index (χ4n) is 2.39. The number of benzene rings is 2. The molecule has 2 aromatic carbocycles. The van der Waals surface area contributed by atoms with Crippen LogP contribution in [0.4, 0.5) is 10.1 Å². The molecule has 0 aliphatic rings. The van der Waals surface area contributed by atoms with E-state index in [4.69, 9.17) is 5.26 Å². The number of anilines is 1. The Labute approximate surface area is 125 Å². The average molecular weight is 296 g/mol. The fourth-order valence-corrected chi connectivity index (χ4v) is 2.39. The standard InChI is InChI=1S/C16H13FN4O/c1-9(19-13-4-2-3-12(17)11(13)8-18)10-5-6-14-15(7-10)21-16(22)20-14/h2-7,9,19H,1H3,(H2,20,21,22). The molecule has 0 bridgehead atoms. The molecule has 3 rings (SSSR count). The minimum absolute atomic E-state index is 0.00882. The van der Waals surface area contributed by atoms with Gasteiger partial charge >= 0.3 is 5.69 Å². The lowest BCUT2D eigenvalue weighted by Crippen LogP contribution is -2.08. The van der Waals surface area contributed by atoms with Crippen LogP contribution < -0.4 is 11.0 Å². The topological polar surface area (TPSA) is 84.5 Å². The van der Waals surface area contributed by atoms with Gasteiger partial charge in [0.1, 0.15) is 17.4 Å². The van der Waals surface area contributed by atoms with Gasteiger partial charge in [0.25, 0.3) is 0 Å². The molecule has 0 radical (unpaired) electrons. The van der Waals surface area contributed by atoms with E-state index >= 15 is 0 Å². The zero-order chi connectivity index (χ0) is 15.7. The lowest BCUT2D eigenvalue weighted by molar-refractivity contribution is 0.624. The number of aromatic amines is 2. The second kappa shape index (κ2) is 5.37. The number of rotatable bonds is 3. The van der Waals surface area contributed by atoms with E-state index in [9.17, 15) is 9.18 Å². The molecule has 110 valence electrons. The summed E-state index contributed by atoms with van der Waals surface area (Å²) in [7, 11) is 0. The maximum Gasteiger partial charge on any atom is 0.323 e. The Balaban J connectivity index is 1.93. The molecule has 3 N–H and O–H groups in total. The maximum absolute atomic E-state index is 13.6. The minimum atomic E-state index is -0.551. The quantitative estimate of drug-likeness (QED) is 0.694. The van der Waals surface area contributed by atoms with Crippen molar-refractivity contribution in [1.82, 2.24) is 9.97 Å². The summed E-state index contributed by atoms with van der Waals surface area (Å²) in [6, 6.07) is 11.7. The van der Waals surface area contributed by atoms with Crippen molar-refractivity contribution < 1.29 is 4.39 Å². The highest BCUT2D eigenvalue weighted by Gasteiger charge is 2.12. The number of nitrogens with zero attached hydrogens (tertiary/aromatic N) is 1. The molecule has 0 saturated heterocycles. The molecular formula is C16H13FN4O. The van der Waals surface area contributed by atoms with Gasteiger partial charge in [0, 0.05) is 6.04 Å². The molecule has 0 spiro atoms. The number of nitrogens with one attached hydrogen (secondary N) is 3. The number of H-pyrrole nitrogens is 2. The van der Waals surface area contributed by atoms with E-state index in [1.807, 2.05) is 25.1 Å². The summed E-state index contributed by atoms with van der Waals surface area (Å²) in [5.41, 5.74) is 2.52. The number of halogens is 1. The van der Waals surface area contributed by atoms with Crippen molar-refractivity contribution in [3.05, 3.63) is 63.8 Å². The maximum atomic E-state index is 13.6. The van der Waals surface area contributed by atoms with Gasteiger partial charge in [-0.2, -0.15) is 5.26 Å². The highest BCUT2D eigenvalue weighted by molar-refractivity contribution is 5.75. The molecule has 6 heteroatoms. The lowest BCUT2D eigenvalue weighted by Gasteiger charge is -2.17. The molecule has 5 nitrogen and oxygen atoms in total. The van der Waals surface area contributed by atoms with Crippen molar-refractivity contribution >= 4 is 16.7 Å². The Morgan fingerprint density at radius 3 is 2.77 bits per heavy atom. The minimum Gasteiger partial charge on any atom is -0.377 e. The molecule has 1 heterocycles. The van der Waals surface area contributed by atoms with Crippen LogP contribution in [0.1, 0.15) is 24.1 Å². The van der Waals surface area contributed by atoms with E-state index in [2.05, 4.69) is 15.3 Å². The molecule has 22 heavy (non-hydrogen) atoms. The van der Waals surface area contributed by atoms with Crippen molar-refractivity contribution in [3.63, 3.8) is 0 Å². The van der Waals surface area contributed by atoms with Crippen molar-refractivity contribution in [2.75, 3.05) is 5.32 Å². The summed E-state index contributed by atoms with van der Waals surface area (Å²) < 4.78 is 13.6. The smallest absolute Gasteiger partial charge is 0.323 e. The molecule has 0 amide bonds. The van der Waals surface area contributed by atoms with Crippen LogP contribution in [0.15, 0.2) is 41.2 Å². The summed E-state index contributed by atoms with van der Waals surface area (Å²) in [6.07, 6.45) is 0. The summed E-state index contributed by atoms with van der Waals surface area (Å²) in [4.78, 5) is 16.7. The summed E-state index contributed by atoms with van der Waals surface area (Å²) in [5, 5.41) is 12.2. The third-order valence-corrected chi connectivity index (χ3v) is 3.54. The van der Waals surface area contributed by atoms with Gasteiger partial charge in [0.05, 0.1) is 16.7 Å². The van der Waals surface area contributed by atoms with E-state index in [0.29, 0.717) is 11.2 Å². The first kappa shape index (κ1) is 13.9. The van der Waals surface area contributed by atoms with Crippen LogP contribution in [0.5, 0.6) is 0 Å². The van der Waals surface area contributed by atoms with Crippen LogP contribution in [0.25, 0.3) is 11.0 Å². The van der Waals surface area contributed by atoms with E-state index in [0.717, 1.165) is 11.1 Å². The van der Waals surface area contributed by atoms with Crippen molar-refractivity contribution in [3.8, 4) is 6.07 Å². The average Bonchev–Trinajstić information content (AvgIpc) is 2.86. The van der Waals surface area contributed by atoms with Gasteiger partial charge in [0.2, 0.25) is 0 Å². The van der Waals surface area contributed by atoms with Crippen molar-refractivity contribution in [2.24, 2.45) is 0 Å². The van der Waals surface area contributed by atoms with Crippen LogP contribution >= 0.6 is 0 Å². The van der Waals surface area contributed by atoms with E-state index in [-0.39, 0.29) is 17.3 Å². The van der Waals surface area contributed by atoms with Gasteiger partial charge in [-0.15, -0.1) is 0 Å². The predicted octanol–water partition coefficient (Wildman–Crippen LogP) is 3.04. The van der Waals surface area contributed by atoms with Crippen molar-refractivity contribution in [1.29, 1.82) is 5.26 Å². The Hall–Kier alpha value is -3.07. The van der Waals surface area contributed by atoms with Crippen LogP contribution in [0, 0.1) is 17.1 Å². The second-order valence-electron chi connectivity index (χ2n) is 5.02. The van der Waals surface area contributed by atoms with Gasteiger partial charge in [0.15, 0.2) is 0 Å². The monoisotopic (exact) mass is 296 g/mol. The molecule has 0 fully saturated rings. The highest BCUT2D eigenvalue weighted by atomic mass is 19.1. The van der Waals surface area contributed by atoms with E-state index in [1.54, 1.807) is 18.2 Å². The number of hydrogen-bond donors (Lipinski definition) is 3. The first-order valence-corrected chi connectivity index (χ1v) is 6.75. The Morgan fingerprint density at radius 1 is 1.23 bits per heavy atom. The Kier molecular flexibility index (Phi) is 3.39. The van der Waals surface area contributed by atoms with Crippen LogP contribution in [-0.2, 0) is 0 Å². The molecule has 0 saturated carbocycles. The number of nitriles is 1. The Morgan fingerprint density at radius 2 is 2.00 bits per heavy atom. The number of hydrogen-bond acceptors (Lipinski definition) is 3. The van der Waals surface area contributed by atoms with E-state index < -0.39 is 5.82 Å². The van der Waals surface area contributed by atoms with Gasteiger partial charge in [-0.1, -0.05) is 12.1 Å². The zero-order valence-corrected chi connectivity index (χ0v) is 11.8. The lowest BCUT2D eigenvalue weighted by atomic mass is 10.1. The summed E-state index contributed by atoms with van der Waals surface area (Å²) >= 11 is 0. The Bertz CT molecular complexity index is 935. The second-order valence-corrected chi connectivity index (χ2v) is 5.02. The third kappa shape index (κ3) is 2.44. The SMILES string of the molecule is CC(Nc1cccc(F)c1C#N)c1ccc2[nH]c(=O)[nH]c2c1. The first-order chi connectivity index (χ1) is 10.6. The number of imidazole rings is 1. The highest BCUT2D eigenvalue weighted by Crippen LogP contribution is 2.25. The number of aromatic nitrogens is 2. The molecule has 1 atom stereocenters. The number of fused-ring (bicyclic) bond motifs is 1. The van der Waals surface area contributed by atoms with Crippen LogP contribution in [0.3, 0.4) is 0 Å². The third-order valence-electron chi connectivity index (χ3n) is 3.54. The molecule has 1 unspecified atom stereocenters. The van der Waals surface area contributed by atoms with Crippen LogP contribution in [-0.4, -0.2) is 9.97 Å². The summed E-state index contributed by atoms with van der Waals surface area (Å²) in [6.45, 7) is 1.90. The largest absolute Gasteiger partial charge is 0.377 e. The molecule has 0 aliphatic heterocycles. The van der Waals surface area contributed by atoms with Gasteiger partial charge in [-0.05, 0) is 36.8 Å². The predicted molar refractivity (Wildman–Crippen MR) is 82.1 cm³/mol. The molecule has 0 aliphatic carbocycles. The van der Waals surface area contributed by atoms with E-state index in [1.165, 1.54) is 6.07 Å². The van der Waals surface area contributed by atoms with Crippen molar-refractivity contribution in [2.45, 2.75) is 13.0 Å². The van der Waals surface area contributed by atoms with Gasteiger partial charge < -0.3 is 15.3 Å².